The molecule has 0 aliphatic heterocycles. The van der Waals surface area contributed by atoms with Crippen LogP contribution in [0.4, 0.5) is 11.4 Å². The fourth-order valence-corrected chi connectivity index (χ4v) is 3.36. The summed E-state index contributed by atoms with van der Waals surface area (Å²) in [5, 5.41) is 6.19. The minimum atomic E-state index is -0.0233. The van der Waals surface area contributed by atoms with E-state index in [1.54, 1.807) is 11.3 Å². The molecule has 0 saturated heterocycles. The van der Waals surface area contributed by atoms with Gasteiger partial charge in [0, 0.05) is 33.2 Å². The minimum Gasteiger partial charge on any atom is -0.380 e. The average Bonchev–Trinajstić information content (AvgIpc) is 2.77. The molecule has 1 amide bonds. The zero-order chi connectivity index (χ0) is 15.4. The van der Waals surface area contributed by atoms with Gasteiger partial charge in [-0.1, -0.05) is 25.4 Å². The molecule has 0 fully saturated rings. The van der Waals surface area contributed by atoms with Crippen LogP contribution in [0.5, 0.6) is 0 Å². The largest absolute Gasteiger partial charge is 0.380 e. The maximum atomic E-state index is 11.6. The number of carbonyl (C=O) groups excluding carboxylic acids is 1. The molecule has 2 N–H and O–H groups in total. The van der Waals surface area contributed by atoms with Crippen molar-refractivity contribution in [2.45, 2.75) is 20.4 Å². The van der Waals surface area contributed by atoms with Crippen molar-refractivity contribution in [1.29, 1.82) is 0 Å². The lowest BCUT2D eigenvalue weighted by Crippen LogP contribution is -2.17. The van der Waals surface area contributed by atoms with Gasteiger partial charge in [0.2, 0.25) is 5.91 Å². The van der Waals surface area contributed by atoms with E-state index in [-0.39, 0.29) is 11.8 Å². The summed E-state index contributed by atoms with van der Waals surface area (Å²) in [6.45, 7) is 4.46. The molecule has 2 aromatic rings. The molecule has 1 heterocycles. The predicted molar refractivity (Wildman–Crippen MR) is 94.3 cm³/mol. The lowest BCUT2D eigenvalue weighted by Gasteiger charge is -2.09. The molecule has 0 atom stereocenters. The van der Waals surface area contributed by atoms with Gasteiger partial charge in [-0.05, 0) is 46.3 Å². The second-order valence-electron chi connectivity index (χ2n) is 4.91. The topological polar surface area (TPSA) is 41.1 Å². The first-order valence-corrected chi connectivity index (χ1v) is 8.53. The summed E-state index contributed by atoms with van der Waals surface area (Å²) in [5.41, 5.74) is 1.80. The van der Waals surface area contributed by atoms with Crippen LogP contribution >= 0.6 is 38.9 Å². The number of halogens is 2. The molecule has 21 heavy (non-hydrogen) atoms. The van der Waals surface area contributed by atoms with Crippen LogP contribution in [-0.2, 0) is 11.3 Å². The van der Waals surface area contributed by atoms with Crippen LogP contribution in [0.25, 0.3) is 0 Å². The predicted octanol–water partition coefficient (Wildman–Crippen LogP) is 5.37. The molecule has 2 rings (SSSR count). The molecule has 0 unspecified atom stereocenters. The van der Waals surface area contributed by atoms with Gasteiger partial charge in [-0.25, -0.2) is 0 Å². The summed E-state index contributed by atoms with van der Waals surface area (Å²) in [4.78, 5) is 12.8. The van der Waals surface area contributed by atoms with Crippen molar-refractivity contribution >= 4 is 56.1 Å². The van der Waals surface area contributed by atoms with Gasteiger partial charge in [0.25, 0.3) is 0 Å². The molecule has 0 aliphatic carbocycles. The number of nitrogens with one attached hydrogen (secondary N) is 2. The number of carbonyl (C=O) groups is 1. The highest BCUT2D eigenvalue weighted by Crippen LogP contribution is 2.32. The average molecular weight is 388 g/mol. The Bertz CT molecular complexity index is 606. The quantitative estimate of drug-likeness (QED) is 0.724. The monoisotopic (exact) mass is 386 g/mol. The van der Waals surface area contributed by atoms with E-state index < -0.39 is 0 Å². The first kappa shape index (κ1) is 16.3. The zero-order valence-corrected chi connectivity index (χ0v) is 14.9. The van der Waals surface area contributed by atoms with Gasteiger partial charge in [-0.15, -0.1) is 11.3 Å². The van der Waals surface area contributed by atoms with Crippen molar-refractivity contribution < 1.29 is 4.79 Å². The molecule has 0 saturated carbocycles. The normalized spacial score (nSPS) is 10.7. The van der Waals surface area contributed by atoms with Crippen LogP contribution in [0.2, 0.25) is 4.34 Å². The molecule has 1 aromatic carbocycles. The van der Waals surface area contributed by atoms with Gasteiger partial charge in [0.15, 0.2) is 0 Å². The van der Waals surface area contributed by atoms with Crippen molar-refractivity contribution in [3.05, 3.63) is 44.0 Å². The Hall–Kier alpha value is -1.04. The summed E-state index contributed by atoms with van der Waals surface area (Å²) < 4.78 is 1.69. The SMILES string of the molecule is CC(C)C(=O)Nc1ccc(NCc2cc(Br)c(Cl)s2)cc1. The molecule has 0 aliphatic rings. The summed E-state index contributed by atoms with van der Waals surface area (Å²) in [6, 6.07) is 9.68. The molecule has 6 heteroatoms. The lowest BCUT2D eigenvalue weighted by molar-refractivity contribution is -0.118. The maximum Gasteiger partial charge on any atom is 0.226 e. The van der Waals surface area contributed by atoms with Crippen molar-refractivity contribution in [3.8, 4) is 0 Å². The second-order valence-corrected chi connectivity index (χ2v) is 7.50. The maximum absolute atomic E-state index is 11.6. The van der Waals surface area contributed by atoms with Crippen LogP contribution in [0.1, 0.15) is 18.7 Å². The third-order valence-corrected chi connectivity index (χ3v) is 5.31. The number of thiophene rings is 1. The number of hydrogen-bond acceptors (Lipinski definition) is 3. The van der Waals surface area contributed by atoms with E-state index in [4.69, 9.17) is 11.6 Å². The Labute approximate surface area is 141 Å². The van der Waals surface area contributed by atoms with E-state index in [0.717, 1.165) is 25.1 Å². The van der Waals surface area contributed by atoms with Gasteiger partial charge >= 0.3 is 0 Å². The van der Waals surface area contributed by atoms with Crippen molar-refractivity contribution in [2.24, 2.45) is 5.92 Å². The number of anilines is 2. The first-order chi connectivity index (χ1) is 9.95. The van der Waals surface area contributed by atoms with Crippen LogP contribution < -0.4 is 10.6 Å². The minimum absolute atomic E-state index is 0.0220. The number of hydrogen-bond donors (Lipinski definition) is 2. The fourth-order valence-electron chi connectivity index (χ4n) is 1.63. The van der Waals surface area contributed by atoms with E-state index in [0.29, 0.717) is 6.54 Å². The van der Waals surface area contributed by atoms with Crippen LogP contribution in [0, 0.1) is 5.92 Å². The highest BCUT2D eigenvalue weighted by Gasteiger charge is 2.07. The summed E-state index contributed by atoms with van der Waals surface area (Å²) in [6.07, 6.45) is 0. The van der Waals surface area contributed by atoms with Crippen molar-refractivity contribution in [2.75, 3.05) is 10.6 Å². The number of rotatable bonds is 5. The molecule has 0 spiro atoms. The Morgan fingerprint density at radius 2 is 1.90 bits per heavy atom. The smallest absolute Gasteiger partial charge is 0.226 e. The molecule has 0 bridgehead atoms. The van der Waals surface area contributed by atoms with Gasteiger partial charge in [-0.3, -0.25) is 4.79 Å². The third-order valence-electron chi connectivity index (χ3n) is 2.84. The first-order valence-electron chi connectivity index (χ1n) is 6.54. The highest BCUT2D eigenvalue weighted by molar-refractivity contribution is 9.10. The zero-order valence-electron chi connectivity index (χ0n) is 11.7. The Kier molecular flexibility index (Phi) is 5.67. The van der Waals surface area contributed by atoms with E-state index in [9.17, 15) is 4.79 Å². The Morgan fingerprint density at radius 1 is 1.29 bits per heavy atom. The number of benzene rings is 1. The van der Waals surface area contributed by atoms with Crippen molar-refractivity contribution in [1.82, 2.24) is 0 Å². The third kappa shape index (κ3) is 4.73. The standard InChI is InChI=1S/C15H16BrClN2OS/c1-9(2)15(20)19-11-5-3-10(4-6-11)18-8-12-7-13(16)14(17)21-12/h3-7,9,18H,8H2,1-2H3,(H,19,20). The van der Waals surface area contributed by atoms with E-state index >= 15 is 0 Å². The van der Waals surface area contributed by atoms with Crippen LogP contribution in [0.3, 0.4) is 0 Å². The molecular formula is C15H16BrClN2OS. The fraction of sp³-hybridized carbons (Fsp3) is 0.267. The van der Waals surface area contributed by atoms with Crippen LogP contribution in [0.15, 0.2) is 34.8 Å². The highest BCUT2D eigenvalue weighted by atomic mass is 79.9. The Morgan fingerprint density at radius 3 is 2.43 bits per heavy atom. The van der Waals surface area contributed by atoms with E-state index in [2.05, 4.69) is 26.6 Å². The van der Waals surface area contributed by atoms with Crippen molar-refractivity contribution in [3.63, 3.8) is 0 Å². The summed E-state index contributed by atoms with van der Waals surface area (Å²) >= 11 is 11.0. The summed E-state index contributed by atoms with van der Waals surface area (Å²) in [7, 11) is 0. The Balaban J connectivity index is 1.91. The molecular weight excluding hydrogens is 372 g/mol. The molecule has 112 valence electrons. The van der Waals surface area contributed by atoms with Gasteiger partial charge in [0.1, 0.15) is 4.34 Å². The van der Waals surface area contributed by atoms with E-state index in [1.165, 1.54) is 0 Å². The van der Waals surface area contributed by atoms with Gasteiger partial charge < -0.3 is 10.6 Å². The lowest BCUT2D eigenvalue weighted by atomic mass is 10.2. The molecule has 0 radical (unpaired) electrons. The second kappa shape index (κ2) is 7.29. The van der Waals surface area contributed by atoms with Crippen LogP contribution in [-0.4, -0.2) is 5.91 Å². The molecule has 3 nitrogen and oxygen atoms in total. The molecule has 1 aromatic heterocycles. The van der Waals surface area contributed by atoms with Gasteiger partial charge in [-0.2, -0.15) is 0 Å². The van der Waals surface area contributed by atoms with E-state index in [1.807, 2.05) is 44.2 Å². The van der Waals surface area contributed by atoms with Gasteiger partial charge in [0.05, 0.1) is 0 Å². The number of amides is 1. The summed E-state index contributed by atoms with van der Waals surface area (Å²) in [5.74, 6) is -0.00128.